The van der Waals surface area contributed by atoms with Gasteiger partial charge in [-0.3, -0.25) is 0 Å². The van der Waals surface area contributed by atoms with Gasteiger partial charge in [0, 0.05) is 24.7 Å². The monoisotopic (exact) mass is 276 g/mol. The number of rotatable bonds is 6. The molecule has 0 radical (unpaired) electrons. The fraction of sp³-hybridized carbons (Fsp3) is 0.647. The van der Waals surface area contributed by atoms with Gasteiger partial charge >= 0.3 is 0 Å². The summed E-state index contributed by atoms with van der Waals surface area (Å²) in [5, 5.41) is 3.78. The summed E-state index contributed by atoms with van der Waals surface area (Å²) in [4.78, 5) is 0. The van der Waals surface area contributed by atoms with Crippen LogP contribution in [0.2, 0.25) is 0 Å². The van der Waals surface area contributed by atoms with Gasteiger partial charge < -0.3 is 15.8 Å². The Kier molecular flexibility index (Phi) is 5.58. The molecule has 3 heteroatoms. The average molecular weight is 276 g/mol. The first-order valence-electron chi connectivity index (χ1n) is 7.83. The lowest BCUT2D eigenvalue weighted by Gasteiger charge is -2.43. The van der Waals surface area contributed by atoms with Crippen molar-refractivity contribution in [3.8, 4) is 0 Å². The lowest BCUT2D eigenvalue weighted by molar-refractivity contribution is -0.0331. The number of ether oxygens (including phenoxy) is 1. The third kappa shape index (κ3) is 3.81. The quantitative estimate of drug-likeness (QED) is 0.839. The lowest BCUT2D eigenvalue weighted by atomic mass is 9.84. The van der Waals surface area contributed by atoms with Crippen molar-refractivity contribution < 1.29 is 4.74 Å². The van der Waals surface area contributed by atoms with Crippen molar-refractivity contribution in [1.29, 1.82) is 0 Å². The first-order valence-corrected chi connectivity index (χ1v) is 7.83. The molecule has 3 N–H and O–H groups in total. The Hall–Kier alpha value is -0.900. The molecule has 1 aliphatic rings. The van der Waals surface area contributed by atoms with E-state index in [0.717, 1.165) is 25.9 Å². The first-order chi connectivity index (χ1) is 9.69. The molecule has 2 rings (SSSR count). The SMILES string of the molecule is CCCC1CC(CN)(NC(C)c2ccccc2)CCO1. The summed E-state index contributed by atoms with van der Waals surface area (Å²) in [6.45, 7) is 5.92. The molecule has 0 bridgehead atoms. The highest BCUT2D eigenvalue weighted by Gasteiger charge is 2.36. The van der Waals surface area contributed by atoms with Crippen LogP contribution in [0, 0.1) is 0 Å². The van der Waals surface area contributed by atoms with Gasteiger partial charge in [-0.2, -0.15) is 0 Å². The van der Waals surface area contributed by atoms with E-state index in [0.29, 0.717) is 18.7 Å². The van der Waals surface area contributed by atoms with Gasteiger partial charge in [-0.25, -0.2) is 0 Å². The highest BCUT2D eigenvalue weighted by molar-refractivity contribution is 5.19. The van der Waals surface area contributed by atoms with Crippen LogP contribution in [0.15, 0.2) is 30.3 Å². The Labute approximate surface area is 122 Å². The largest absolute Gasteiger partial charge is 0.378 e. The summed E-state index contributed by atoms with van der Waals surface area (Å²) in [6.07, 6.45) is 4.67. The van der Waals surface area contributed by atoms with Gasteiger partial charge in [0.25, 0.3) is 0 Å². The Morgan fingerprint density at radius 2 is 2.15 bits per heavy atom. The van der Waals surface area contributed by atoms with Crippen LogP contribution in [0.4, 0.5) is 0 Å². The first kappa shape index (κ1) is 15.5. The molecule has 0 amide bonds. The zero-order valence-electron chi connectivity index (χ0n) is 12.8. The molecule has 0 saturated carbocycles. The molecule has 1 heterocycles. The van der Waals surface area contributed by atoms with Crippen LogP contribution in [-0.2, 0) is 4.74 Å². The van der Waals surface area contributed by atoms with Crippen molar-refractivity contribution >= 4 is 0 Å². The average Bonchev–Trinajstić information content (AvgIpc) is 2.49. The van der Waals surface area contributed by atoms with Gasteiger partial charge in [-0.1, -0.05) is 43.7 Å². The van der Waals surface area contributed by atoms with Crippen LogP contribution in [0.1, 0.15) is 51.1 Å². The predicted molar refractivity (Wildman–Crippen MR) is 83.7 cm³/mol. The molecule has 1 saturated heterocycles. The van der Waals surface area contributed by atoms with E-state index < -0.39 is 0 Å². The Bertz CT molecular complexity index is 393. The molecule has 112 valence electrons. The van der Waals surface area contributed by atoms with Crippen LogP contribution >= 0.6 is 0 Å². The van der Waals surface area contributed by atoms with Crippen LogP contribution in [-0.4, -0.2) is 24.8 Å². The van der Waals surface area contributed by atoms with Crippen molar-refractivity contribution in [2.24, 2.45) is 5.73 Å². The Morgan fingerprint density at radius 3 is 2.80 bits per heavy atom. The lowest BCUT2D eigenvalue weighted by Crippen LogP contribution is -2.57. The maximum Gasteiger partial charge on any atom is 0.0593 e. The molecule has 0 spiro atoms. The van der Waals surface area contributed by atoms with Crippen LogP contribution in [0.5, 0.6) is 0 Å². The molecule has 0 aromatic heterocycles. The van der Waals surface area contributed by atoms with E-state index in [2.05, 4.69) is 49.5 Å². The minimum atomic E-state index is 0.0212. The van der Waals surface area contributed by atoms with Gasteiger partial charge in [0.15, 0.2) is 0 Å². The predicted octanol–water partition coefficient (Wildman–Crippen LogP) is 3.01. The number of nitrogens with one attached hydrogen (secondary N) is 1. The molecule has 1 aromatic carbocycles. The Morgan fingerprint density at radius 1 is 1.40 bits per heavy atom. The third-order valence-electron chi connectivity index (χ3n) is 4.38. The summed E-state index contributed by atoms with van der Waals surface area (Å²) < 4.78 is 5.87. The van der Waals surface area contributed by atoms with E-state index in [4.69, 9.17) is 10.5 Å². The normalized spacial score (nSPS) is 28.2. The third-order valence-corrected chi connectivity index (χ3v) is 4.38. The standard InChI is InChI=1S/C17H28N2O/c1-3-7-16-12-17(13-18,10-11-20-16)19-14(2)15-8-5-4-6-9-15/h4-6,8-9,14,16,19H,3,7,10-13,18H2,1-2H3. The van der Waals surface area contributed by atoms with E-state index in [9.17, 15) is 0 Å². The minimum absolute atomic E-state index is 0.0212. The molecule has 20 heavy (non-hydrogen) atoms. The van der Waals surface area contributed by atoms with Crippen LogP contribution in [0.3, 0.4) is 0 Å². The van der Waals surface area contributed by atoms with E-state index in [-0.39, 0.29) is 5.54 Å². The summed E-state index contributed by atoms with van der Waals surface area (Å²) in [7, 11) is 0. The fourth-order valence-electron chi connectivity index (χ4n) is 3.18. The highest BCUT2D eigenvalue weighted by atomic mass is 16.5. The zero-order chi connectivity index (χ0) is 14.4. The molecule has 3 unspecified atom stereocenters. The molecule has 1 aliphatic heterocycles. The van der Waals surface area contributed by atoms with Crippen LogP contribution < -0.4 is 11.1 Å². The van der Waals surface area contributed by atoms with E-state index in [1.807, 2.05) is 0 Å². The highest BCUT2D eigenvalue weighted by Crippen LogP contribution is 2.29. The smallest absolute Gasteiger partial charge is 0.0593 e. The summed E-state index contributed by atoms with van der Waals surface area (Å²) in [6, 6.07) is 10.9. The summed E-state index contributed by atoms with van der Waals surface area (Å²) in [5.74, 6) is 0. The summed E-state index contributed by atoms with van der Waals surface area (Å²) >= 11 is 0. The maximum absolute atomic E-state index is 6.10. The molecule has 1 aromatic rings. The van der Waals surface area contributed by atoms with Gasteiger partial charge in [0.2, 0.25) is 0 Å². The molecular weight excluding hydrogens is 248 g/mol. The fourth-order valence-corrected chi connectivity index (χ4v) is 3.18. The van der Waals surface area contributed by atoms with Crippen molar-refractivity contribution in [2.75, 3.05) is 13.2 Å². The van der Waals surface area contributed by atoms with E-state index in [1.165, 1.54) is 12.0 Å². The van der Waals surface area contributed by atoms with Crippen molar-refractivity contribution in [3.63, 3.8) is 0 Å². The molecular formula is C17H28N2O. The molecule has 3 nitrogen and oxygen atoms in total. The second kappa shape index (κ2) is 7.21. The van der Waals surface area contributed by atoms with E-state index >= 15 is 0 Å². The molecule has 3 atom stereocenters. The van der Waals surface area contributed by atoms with Crippen LogP contribution in [0.25, 0.3) is 0 Å². The van der Waals surface area contributed by atoms with Crippen molar-refractivity contribution in [3.05, 3.63) is 35.9 Å². The van der Waals surface area contributed by atoms with E-state index in [1.54, 1.807) is 0 Å². The molecule has 0 aliphatic carbocycles. The van der Waals surface area contributed by atoms with Crippen molar-refractivity contribution in [1.82, 2.24) is 5.32 Å². The number of hydrogen-bond acceptors (Lipinski definition) is 3. The zero-order valence-corrected chi connectivity index (χ0v) is 12.8. The topological polar surface area (TPSA) is 47.3 Å². The second-order valence-electron chi connectivity index (χ2n) is 6.00. The molecule has 1 fully saturated rings. The number of hydrogen-bond donors (Lipinski definition) is 2. The number of nitrogens with two attached hydrogens (primary N) is 1. The Balaban J connectivity index is 2.03. The maximum atomic E-state index is 6.10. The van der Waals surface area contributed by atoms with Gasteiger partial charge in [0.05, 0.1) is 6.10 Å². The van der Waals surface area contributed by atoms with Gasteiger partial charge in [-0.15, -0.1) is 0 Å². The van der Waals surface area contributed by atoms with Gasteiger partial charge in [-0.05, 0) is 31.7 Å². The van der Waals surface area contributed by atoms with Crippen molar-refractivity contribution in [2.45, 2.75) is 57.2 Å². The number of benzene rings is 1. The van der Waals surface area contributed by atoms with Gasteiger partial charge in [0.1, 0.15) is 0 Å². The summed E-state index contributed by atoms with van der Waals surface area (Å²) in [5.41, 5.74) is 7.44. The second-order valence-corrected chi connectivity index (χ2v) is 6.00. The minimum Gasteiger partial charge on any atom is -0.378 e.